The zero-order chi connectivity index (χ0) is 20.7. The van der Waals surface area contributed by atoms with Crippen LogP contribution in [0.25, 0.3) is 33.5 Å². The second kappa shape index (κ2) is 7.03. The molecule has 0 spiro atoms. The van der Waals surface area contributed by atoms with E-state index >= 15 is 0 Å². The maximum atomic E-state index is 12.8. The Balaban J connectivity index is 1.48. The summed E-state index contributed by atoms with van der Waals surface area (Å²) >= 11 is 0. The topological polar surface area (TPSA) is 105 Å². The Labute approximate surface area is 169 Å². The van der Waals surface area contributed by atoms with Crippen LogP contribution < -0.4 is 15.0 Å². The molecule has 5 rings (SSSR count). The van der Waals surface area contributed by atoms with E-state index in [1.165, 1.54) is 10.9 Å². The van der Waals surface area contributed by atoms with Crippen molar-refractivity contribution in [2.45, 2.75) is 6.54 Å². The molecule has 0 atom stereocenters. The average Bonchev–Trinajstić information content (AvgIpc) is 3.40. The number of para-hydroxylation sites is 1. The summed E-state index contributed by atoms with van der Waals surface area (Å²) in [7, 11) is 3.12. The van der Waals surface area contributed by atoms with Crippen LogP contribution in [0, 0.1) is 0 Å². The first-order valence-electron chi connectivity index (χ1n) is 9.09. The van der Waals surface area contributed by atoms with E-state index in [1.807, 2.05) is 18.2 Å². The minimum Gasteiger partial charge on any atom is -0.493 e. The lowest BCUT2D eigenvalue weighted by Crippen LogP contribution is -2.20. The highest BCUT2D eigenvalue weighted by molar-refractivity contribution is 6.01. The van der Waals surface area contributed by atoms with Crippen molar-refractivity contribution >= 4 is 22.1 Å². The highest BCUT2D eigenvalue weighted by atomic mass is 16.5. The summed E-state index contributed by atoms with van der Waals surface area (Å²) in [4.78, 5) is 21.6. The summed E-state index contributed by atoms with van der Waals surface area (Å²) in [5, 5.41) is 4.80. The van der Waals surface area contributed by atoms with E-state index in [2.05, 4.69) is 15.1 Å². The Bertz CT molecular complexity index is 1430. The Morgan fingerprint density at radius 2 is 1.90 bits per heavy atom. The summed E-state index contributed by atoms with van der Waals surface area (Å²) in [6.07, 6.45) is 1.45. The molecule has 0 unspecified atom stereocenters. The van der Waals surface area contributed by atoms with Crippen LogP contribution >= 0.6 is 0 Å². The third-order valence-corrected chi connectivity index (χ3v) is 4.77. The van der Waals surface area contributed by atoms with Crippen LogP contribution in [0.2, 0.25) is 0 Å². The van der Waals surface area contributed by atoms with Gasteiger partial charge in [-0.2, -0.15) is 4.98 Å². The third kappa shape index (κ3) is 2.87. The van der Waals surface area contributed by atoms with Gasteiger partial charge in [0.25, 0.3) is 5.56 Å². The first-order chi connectivity index (χ1) is 14.7. The molecule has 0 saturated carbocycles. The summed E-state index contributed by atoms with van der Waals surface area (Å²) in [6.45, 7) is 0.0686. The Hall–Kier alpha value is -4.14. The molecule has 0 fully saturated rings. The van der Waals surface area contributed by atoms with E-state index in [-0.39, 0.29) is 23.6 Å². The largest absolute Gasteiger partial charge is 0.493 e. The van der Waals surface area contributed by atoms with Crippen molar-refractivity contribution in [2.24, 2.45) is 0 Å². The molecule has 0 amide bonds. The number of hydrogen-bond acceptors (Lipinski definition) is 8. The maximum absolute atomic E-state index is 12.8. The molecule has 3 heterocycles. The molecule has 3 aromatic heterocycles. The van der Waals surface area contributed by atoms with Crippen LogP contribution in [0.15, 0.2) is 62.5 Å². The van der Waals surface area contributed by atoms with E-state index < -0.39 is 0 Å². The van der Waals surface area contributed by atoms with Gasteiger partial charge in [0.05, 0.1) is 20.5 Å². The molecule has 9 nitrogen and oxygen atoms in total. The van der Waals surface area contributed by atoms with E-state index in [4.69, 9.17) is 18.4 Å². The summed E-state index contributed by atoms with van der Waals surface area (Å²) in [5.41, 5.74) is 1.72. The predicted octanol–water partition coefficient (Wildman–Crippen LogP) is 3.26. The minimum absolute atomic E-state index is 0.0686. The molecule has 30 heavy (non-hydrogen) atoms. The smallest absolute Gasteiger partial charge is 0.297 e. The number of rotatable bonds is 5. The lowest BCUT2D eigenvalue weighted by molar-refractivity contribution is 0.355. The maximum Gasteiger partial charge on any atom is 0.297 e. The summed E-state index contributed by atoms with van der Waals surface area (Å²) < 4.78 is 22.9. The zero-order valence-electron chi connectivity index (χ0n) is 16.2. The number of hydrogen-bond donors (Lipinski definition) is 0. The molecule has 0 aliphatic heterocycles. The van der Waals surface area contributed by atoms with Crippen molar-refractivity contribution in [1.82, 2.24) is 19.7 Å². The van der Waals surface area contributed by atoms with Crippen molar-refractivity contribution in [2.75, 3.05) is 14.2 Å². The number of aromatic nitrogens is 4. The number of fused-ring (bicyclic) bond motifs is 3. The lowest BCUT2D eigenvalue weighted by atomic mass is 10.2. The fourth-order valence-corrected chi connectivity index (χ4v) is 3.29. The average molecular weight is 404 g/mol. The van der Waals surface area contributed by atoms with Crippen LogP contribution in [-0.2, 0) is 6.54 Å². The number of benzene rings is 2. The van der Waals surface area contributed by atoms with Crippen molar-refractivity contribution in [3.63, 3.8) is 0 Å². The van der Waals surface area contributed by atoms with Crippen LogP contribution in [0.3, 0.4) is 0 Å². The second-order valence-corrected chi connectivity index (χ2v) is 6.54. The fraction of sp³-hybridized carbons (Fsp3) is 0.143. The third-order valence-electron chi connectivity index (χ3n) is 4.77. The van der Waals surface area contributed by atoms with Crippen LogP contribution in [0.5, 0.6) is 11.5 Å². The Kier molecular flexibility index (Phi) is 4.20. The number of methoxy groups -OCH3 is 2. The van der Waals surface area contributed by atoms with Crippen molar-refractivity contribution < 1.29 is 18.4 Å². The number of furan rings is 1. The van der Waals surface area contributed by atoms with Gasteiger partial charge in [0.2, 0.25) is 17.3 Å². The summed E-state index contributed by atoms with van der Waals surface area (Å²) in [6, 6.07) is 12.7. The minimum atomic E-state index is -0.318. The van der Waals surface area contributed by atoms with Crippen molar-refractivity contribution in [3.05, 3.63) is 65.0 Å². The van der Waals surface area contributed by atoms with Gasteiger partial charge in [0.1, 0.15) is 17.6 Å². The molecule has 9 heteroatoms. The molecule has 0 N–H and O–H groups in total. The molecule has 0 aliphatic carbocycles. The van der Waals surface area contributed by atoms with Crippen molar-refractivity contribution in [1.29, 1.82) is 0 Å². The zero-order valence-corrected chi connectivity index (χ0v) is 16.2. The van der Waals surface area contributed by atoms with Crippen molar-refractivity contribution in [3.8, 4) is 22.9 Å². The second-order valence-electron chi connectivity index (χ2n) is 6.54. The first-order valence-corrected chi connectivity index (χ1v) is 9.09. The molecule has 0 saturated heterocycles. The van der Waals surface area contributed by atoms with Gasteiger partial charge in [-0.3, -0.25) is 9.36 Å². The Morgan fingerprint density at radius 1 is 1.07 bits per heavy atom. The predicted molar refractivity (Wildman–Crippen MR) is 108 cm³/mol. The molecule has 0 aliphatic rings. The van der Waals surface area contributed by atoms with Gasteiger partial charge in [0.15, 0.2) is 11.5 Å². The quantitative estimate of drug-likeness (QED) is 0.439. The van der Waals surface area contributed by atoms with Gasteiger partial charge in [-0.15, -0.1) is 0 Å². The molecule has 0 radical (unpaired) electrons. The molecule has 5 aromatic rings. The molecule has 2 aromatic carbocycles. The van der Waals surface area contributed by atoms with Gasteiger partial charge in [-0.25, -0.2) is 4.98 Å². The molecular formula is C21H16N4O5. The summed E-state index contributed by atoms with van der Waals surface area (Å²) in [5.74, 6) is 1.79. The van der Waals surface area contributed by atoms with Crippen LogP contribution in [0.1, 0.15) is 5.89 Å². The van der Waals surface area contributed by atoms with E-state index in [1.54, 1.807) is 38.5 Å². The molecular weight excluding hydrogens is 388 g/mol. The first kappa shape index (κ1) is 17.9. The van der Waals surface area contributed by atoms with Gasteiger partial charge >= 0.3 is 0 Å². The molecule has 0 bridgehead atoms. The highest BCUT2D eigenvalue weighted by Gasteiger charge is 2.16. The van der Waals surface area contributed by atoms with Gasteiger partial charge < -0.3 is 18.4 Å². The van der Waals surface area contributed by atoms with E-state index in [0.29, 0.717) is 34.0 Å². The normalized spacial score (nSPS) is 11.3. The SMILES string of the molecule is COc1ccc(-c2noc(Cn3cnc4c(oc5ccccc54)c3=O)n2)cc1OC. The number of nitrogens with zero attached hydrogens (tertiary/aromatic N) is 4. The van der Waals surface area contributed by atoms with Gasteiger partial charge in [-0.1, -0.05) is 17.3 Å². The number of ether oxygens (including phenoxy) is 2. The van der Waals surface area contributed by atoms with Gasteiger partial charge in [0, 0.05) is 10.9 Å². The van der Waals surface area contributed by atoms with E-state index in [0.717, 1.165) is 5.39 Å². The standard InChI is InChI=1S/C21H16N4O5/c1-27-15-8-7-12(9-16(15)28-2)20-23-17(30-24-20)10-25-11-22-18-13-5-3-4-6-14(13)29-19(18)21(25)26/h3-9,11H,10H2,1-2H3. The monoisotopic (exact) mass is 404 g/mol. The van der Waals surface area contributed by atoms with Crippen LogP contribution in [-0.4, -0.2) is 33.9 Å². The lowest BCUT2D eigenvalue weighted by Gasteiger charge is -2.07. The molecule has 150 valence electrons. The highest BCUT2D eigenvalue weighted by Crippen LogP contribution is 2.31. The van der Waals surface area contributed by atoms with E-state index in [9.17, 15) is 4.79 Å². The fourth-order valence-electron chi connectivity index (χ4n) is 3.29. The van der Waals surface area contributed by atoms with Gasteiger partial charge in [-0.05, 0) is 30.3 Å². The Morgan fingerprint density at radius 3 is 2.73 bits per heavy atom. The van der Waals surface area contributed by atoms with Crippen LogP contribution in [0.4, 0.5) is 0 Å².